The highest BCUT2D eigenvalue weighted by Crippen LogP contribution is 2.33. The van der Waals surface area contributed by atoms with E-state index in [1.54, 1.807) is 14.2 Å². The molecule has 0 saturated heterocycles. The number of halogens is 1. The molecule has 102 valence electrons. The molecule has 0 aliphatic rings. The third-order valence-corrected chi connectivity index (χ3v) is 2.91. The van der Waals surface area contributed by atoms with E-state index in [1.165, 1.54) is 0 Å². The van der Waals surface area contributed by atoms with Gasteiger partial charge in [0.05, 0.1) is 14.2 Å². The summed E-state index contributed by atoms with van der Waals surface area (Å²) in [6.45, 7) is 0.556. The highest BCUT2D eigenvalue weighted by Gasteiger charge is 2.07. The van der Waals surface area contributed by atoms with Crippen LogP contribution in [-0.2, 0) is 6.54 Å². The topological polar surface area (TPSA) is 44.5 Å². The van der Waals surface area contributed by atoms with Crippen molar-refractivity contribution in [1.29, 1.82) is 0 Å². The van der Waals surface area contributed by atoms with E-state index in [2.05, 4.69) is 0 Å². The molecule has 0 amide bonds. The van der Waals surface area contributed by atoms with E-state index < -0.39 is 0 Å². The summed E-state index contributed by atoms with van der Waals surface area (Å²) in [5.74, 6) is 1.59. The average molecular weight is 280 g/mol. The van der Waals surface area contributed by atoms with Crippen LogP contribution >= 0.6 is 12.4 Å². The molecule has 2 aromatic rings. The van der Waals surface area contributed by atoms with E-state index in [9.17, 15) is 0 Å². The largest absolute Gasteiger partial charge is 0.497 e. The van der Waals surface area contributed by atoms with E-state index >= 15 is 0 Å². The number of ether oxygens (including phenoxy) is 2. The van der Waals surface area contributed by atoms with Gasteiger partial charge in [0.25, 0.3) is 0 Å². The van der Waals surface area contributed by atoms with Crippen LogP contribution in [0.3, 0.4) is 0 Å². The van der Waals surface area contributed by atoms with Crippen molar-refractivity contribution in [2.45, 2.75) is 6.54 Å². The zero-order valence-corrected chi connectivity index (χ0v) is 11.9. The second-order valence-corrected chi connectivity index (χ2v) is 3.97. The summed E-state index contributed by atoms with van der Waals surface area (Å²) in [6.07, 6.45) is 0. The molecule has 19 heavy (non-hydrogen) atoms. The molecule has 0 aromatic heterocycles. The first-order valence-electron chi connectivity index (χ1n) is 5.80. The Morgan fingerprint density at radius 3 is 2.16 bits per heavy atom. The molecule has 0 radical (unpaired) electrons. The SMILES string of the molecule is COc1ccc(-c2ccc(CN)cc2)c(OC)c1.Cl. The van der Waals surface area contributed by atoms with Crippen molar-refractivity contribution < 1.29 is 9.47 Å². The molecule has 0 saturated carbocycles. The number of benzene rings is 2. The summed E-state index contributed by atoms with van der Waals surface area (Å²) in [4.78, 5) is 0. The molecule has 0 fully saturated rings. The van der Waals surface area contributed by atoms with Crippen molar-refractivity contribution in [2.24, 2.45) is 5.73 Å². The Labute approximate surface area is 119 Å². The second-order valence-electron chi connectivity index (χ2n) is 3.97. The summed E-state index contributed by atoms with van der Waals surface area (Å²) in [7, 11) is 3.30. The summed E-state index contributed by atoms with van der Waals surface area (Å²) in [6, 6.07) is 14.0. The van der Waals surface area contributed by atoms with E-state index in [-0.39, 0.29) is 12.4 Å². The Hall–Kier alpha value is -1.71. The van der Waals surface area contributed by atoms with Gasteiger partial charge >= 0.3 is 0 Å². The van der Waals surface area contributed by atoms with E-state index in [0.29, 0.717) is 6.54 Å². The van der Waals surface area contributed by atoms with Gasteiger partial charge < -0.3 is 15.2 Å². The lowest BCUT2D eigenvalue weighted by molar-refractivity contribution is 0.395. The van der Waals surface area contributed by atoms with Crippen LogP contribution in [0.4, 0.5) is 0 Å². The van der Waals surface area contributed by atoms with Gasteiger partial charge in [-0.1, -0.05) is 24.3 Å². The van der Waals surface area contributed by atoms with Crippen LogP contribution < -0.4 is 15.2 Å². The quantitative estimate of drug-likeness (QED) is 0.934. The molecular formula is C15H18ClNO2. The number of methoxy groups -OCH3 is 2. The number of nitrogens with two attached hydrogens (primary N) is 1. The number of rotatable bonds is 4. The van der Waals surface area contributed by atoms with Gasteiger partial charge in [0, 0.05) is 18.2 Å². The first-order chi connectivity index (χ1) is 8.78. The third-order valence-electron chi connectivity index (χ3n) is 2.91. The van der Waals surface area contributed by atoms with Crippen LogP contribution in [0.5, 0.6) is 11.5 Å². The van der Waals surface area contributed by atoms with Crippen LogP contribution in [0.25, 0.3) is 11.1 Å². The summed E-state index contributed by atoms with van der Waals surface area (Å²) >= 11 is 0. The molecule has 0 unspecified atom stereocenters. The maximum Gasteiger partial charge on any atom is 0.130 e. The Kier molecular flexibility index (Phi) is 5.67. The average Bonchev–Trinajstić information content (AvgIpc) is 2.46. The maximum absolute atomic E-state index is 5.59. The predicted octanol–water partition coefficient (Wildman–Crippen LogP) is 3.25. The van der Waals surface area contributed by atoms with Crippen molar-refractivity contribution in [2.75, 3.05) is 14.2 Å². The number of hydrogen-bond donors (Lipinski definition) is 1. The van der Waals surface area contributed by atoms with Gasteiger partial charge in [-0.2, -0.15) is 0 Å². The fraction of sp³-hybridized carbons (Fsp3) is 0.200. The zero-order valence-electron chi connectivity index (χ0n) is 11.1. The molecule has 0 atom stereocenters. The maximum atomic E-state index is 5.59. The van der Waals surface area contributed by atoms with E-state index in [0.717, 1.165) is 28.2 Å². The summed E-state index contributed by atoms with van der Waals surface area (Å²) < 4.78 is 10.6. The van der Waals surface area contributed by atoms with E-state index in [1.807, 2.05) is 42.5 Å². The lowest BCUT2D eigenvalue weighted by Gasteiger charge is -2.11. The van der Waals surface area contributed by atoms with E-state index in [4.69, 9.17) is 15.2 Å². The predicted molar refractivity (Wildman–Crippen MR) is 80.1 cm³/mol. The molecule has 4 heteroatoms. The number of hydrogen-bond acceptors (Lipinski definition) is 3. The minimum Gasteiger partial charge on any atom is -0.497 e. The van der Waals surface area contributed by atoms with Gasteiger partial charge in [0.1, 0.15) is 11.5 Å². The molecule has 0 aliphatic heterocycles. The molecule has 0 heterocycles. The van der Waals surface area contributed by atoms with Crippen LogP contribution in [-0.4, -0.2) is 14.2 Å². The van der Waals surface area contributed by atoms with Crippen LogP contribution in [0.15, 0.2) is 42.5 Å². The molecule has 2 N–H and O–H groups in total. The van der Waals surface area contributed by atoms with Crippen molar-refractivity contribution >= 4 is 12.4 Å². The van der Waals surface area contributed by atoms with Crippen molar-refractivity contribution in [1.82, 2.24) is 0 Å². The van der Waals surface area contributed by atoms with Crippen LogP contribution in [0, 0.1) is 0 Å². The Morgan fingerprint density at radius 2 is 1.63 bits per heavy atom. The second kappa shape index (κ2) is 7.02. The Balaban J connectivity index is 0.00000180. The van der Waals surface area contributed by atoms with Gasteiger partial charge in [-0.25, -0.2) is 0 Å². The summed E-state index contributed by atoms with van der Waals surface area (Å²) in [5, 5.41) is 0. The van der Waals surface area contributed by atoms with Gasteiger partial charge in [-0.05, 0) is 23.3 Å². The van der Waals surface area contributed by atoms with Gasteiger partial charge in [-0.15, -0.1) is 12.4 Å². The Bertz CT molecular complexity index is 526. The zero-order chi connectivity index (χ0) is 13.0. The lowest BCUT2D eigenvalue weighted by Crippen LogP contribution is -1.95. The minimum absolute atomic E-state index is 0. The monoisotopic (exact) mass is 279 g/mol. The van der Waals surface area contributed by atoms with Gasteiger partial charge in [-0.3, -0.25) is 0 Å². The fourth-order valence-corrected chi connectivity index (χ4v) is 1.86. The van der Waals surface area contributed by atoms with Gasteiger partial charge in [0.15, 0.2) is 0 Å². The van der Waals surface area contributed by atoms with Crippen LogP contribution in [0.1, 0.15) is 5.56 Å². The van der Waals surface area contributed by atoms with Gasteiger partial charge in [0.2, 0.25) is 0 Å². The first-order valence-corrected chi connectivity index (χ1v) is 5.80. The molecular weight excluding hydrogens is 262 g/mol. The molecule has 0 aliphatic carbocycles. The minimum atomic E-state index is 0. The highest BCUT2D eigenvalue weighted by molar-refractivity contribution is 5.85. The molecule has 3 nitrogen and oxygen atoms in total. The third kappa shape index (κ3) is 3.40. The standard InChI is InChI=1S/C15H17NO2.ClH/c1-17-13-7-8-14(15(9-13)18-2)12-5-3-11(10-16)4-6-12;/h3-9H,10,16H2,1-2H3;1H. The first kappa shape index (κ1) is 15.3. The molecule has 2 rings (SSSR count). The van der Waals surface area contributed by atoms with Crippen molar-refractivity contribution in [3.8, 4) is 22.6 Å². The molecule has 0 bridgehead atoms. The molecule has 0 spiro atoms. The summed E-state index contributed by atoms with van der Waals surface area (Å²) in [5.41, 5.74) is 8.86. The van der Waals surface area contributed by atoms with Crippen molar-refractivity contribution in [3.63, 3.8) is 0 Å². The smallest absolute Gasteiger partial charge is 0.130 e. The van der Waals surface area contributed by atoms with Crippen molar-refractivity contribution in [3.05, 3.63) is 48.0 Å². The fourth-order valence-electron chi connectivity index (χ4n) is 1.86. The highest BCUT2D eigenvalue weighted by atomic mass is 35.5. The normalized spacial score (nSPS) is 9.63. The lowest BCUT2D eigenvalue weighted by atomic mass is 10.0. The Morgan fingerprint density at radius 1 is 0.947 bits per heavy atom. The van der Waals surface area contributed by atoms with Crippen LogP contribution in [0.2, 0.25) is 0 Å². The molecule has 2 aromatic carbocycles.